The lowest BCUT2D eigenvalue weighted by molar-refractivity contribution is -0.133. The first kappa shape index (κ1) is 22.3. The van der Waals surface area contributed by atoms with E-state index in [0.717, 1.165) is 12.8 Å². The summed E-state index contributed by atoms with van der Waals surface area (Å²) in [5, 5.41) is 30.0. The highest BCUT2D eigenvalue weighted by molar-refractivity contribution is 5.83. The number of nitrogen functional groups attached to an aromatic ring is 1. The van der Waals surface area contributed by atoms with E-state index in [1.54, 1.807) is 12.5 Å². The summed E-state index contributed by atoms with van der Waals surface area (Å²) in [4.78, 5) is 24.2. The van der Waals surface area contributed by atoms with Gasteiger partial charge in [0, 0.05) is 0 Å². The molecule has 0 aliphatic carbocycles. The average Bonchev–Trinajstić information content (AvgIpc) is 3.32. The largest absolute Gasteiger partial charge is 0.493 e. The SMILES string of the molecule is C=N.CC(=O)[C@H]1O[C@@H](n2cnc3c(N)nc(N/N=C/[C@@H]4CCC=CO4)nc32)[C@H](O)[C@@H]1O. The maximum absolute atomic E-state index is 11.6. The Morgan fingerprint density at radius 2 is 2.19 bits per heavy atom. The Kier molecular flexibility index (Phi) is 6.89. The number of imidazole rings is 1. The van der Waals surface area contributed by atoms with Crippen molar-refractivity contribution in [2.75, 3.05) is 11.2 Å². The first-order valence-electron chi connectivity index (χ1n) is 9.43. The Morgan fingerprint density at radius 3 is 2.84 bits per heavy atom. The number of aliphatic hydroxyl groups excluding tert-OH is 2. The molecule has 1 saturated heterocycles. The van der Waals surface area contributed by atoms with Crippen molar-refractivity contribution in [1.82, 2.24) is 19.5 Å². The van der Waals surface area contributed by atoms with Gasteiger partial charge >= 0.3 is 0 Å². The van der Waals surface area contributed by atoms with Crippen LogP contribution in [0.4, 0.5) is 11.8 Å². The van der Waals surface area contributed by atoms with Gasteiger partial charge in [-0.05, 0) is 32.6 Å². The Labute approximate surface area is 177 Å². The maximum atomic E-state index is 11.6. The van der Waals surface area contributed by atoms with Gasteiger partial charge in [0.15, 0.2) is 23.5 Å². The molecule has 166 valence electrons. The molecule has 13 nitrogen and oxygen atoms in total. The van der Waals surface area contributed by atoms with Crippen molar-refractivity contribution in [3.8, 4) is 0 Å². The smallest absolute Gasteiger partial charge is 0.247 e. The molecular formula is C18H24N8O5. The number of hydrogen-bond donors (Lipinski definition) is 5. The molecule has 2 aliphatic heterocycles. The highest BCUT2D eigenvalue weighted by atomic mass is 16.6. The minimum Gasteiger partial charge on any atom is -0.493 e. The molecule has 2 aliphatic rings. The first-order valence-corrected chi connectivity index (χ1v) is 9.43. The second-order valence-electron chi connectivity index (χ2n) is 6.81. The molecule has 5 atom stereocenters. The first-order chi connectivity index (χ1) is 15.0. The lowest BCUT2D eigenvalue weighted by Crippen LogP contribution is -2.34. The van der Waals surface area contributed by atoms with Crippen molar-refractivity contribution in [1.29, 1.82) is 5.41 Å². The normalized spacial score (nSPS) is 27.6. The van der Waals surface area contributed by atoms with Gasteiger partial charge in [-0.1, -0.05) is 0 Å². The average molecular weight is 432 g/mol. The number of Topliss-reactive ketones (excluding diaryl/α,β-unsaturated/α-hetero) is 1. The fourth-order valence-corrected chi connectivity index (χ4v) is 3.24. The Hall–Kier alpha value is -3.42. The second-order valence-corrected chi connectivity index (χ2v) is 6.81. The topological polar surface area (TPSA) is 194 Å². The summed E-state index contributed by atoms with van der Waals surface area (Å²) >= 11 is 0. The number of ether oxygens (including phenoxy) is 2. The lowest BCUT2D eigenvalue weighted by Gasteiger charge is -2.16. The quantitative estimate of drug-likeness (QED) is 0.316. The molecule has 0 amide bonds. The lowest BCUT2D eigenvalue weighted by atomic mass is 10.1. The van der Waals surface area contributed by atoms with Crippen molar-refractivity contribution in [2.45, 2.75) is 50.4 Å². The van der Waals surface area contributed by atoms with Crippen LogP contribution >= 0.6 is 0 Å². The summed E-state index contributed by atoms with van der Waals surface area (Å²) in [6.07, 6.45) is 3.19. The van der Waals surface area contributed by atoms with E-state index in [4.69, 9.17) is 20.6 Å². The van der Waals surface area contributed by atoms with Gasteiger partial charge in [0.25, 0.3) is 0 Å². The molecule has 0 aromatic carbocycles. The van der Waals surface area contributed by atoms with Crippen molar-refractivity contribution in [3.63, 3.8) is 0 Å². The van der Waals surface area contributed by atoms with Crippen LogP contribution in [0.3, 0.4) is 0 Å². The highest BCUT2D eigenvalue weighted by Gasteiger charge is 2.46. The number of aromatic nitrogens is 4. The summed E-state index contributed by atoms with van der Waals surface area (Å²) in [5.41, 5.74) is 9.20. The Bertz CT molecular complexity index is 993. The van der Waals surface area contributed by atoms with Crippen LogP contribution in [0.1, 0.15) is 26.0 Å². The number of hydrazone groups is 1. The summed E-state index contributed by atoms with van der Waals surface area (Å²) in [6, 6.07) is 0. The van der Waals surface area contributed by atoms with Crippen molar-refractivity contribution in [3.05, 3.63) is 18.7 Å². The van der Waals surface area contributed by atoms with Crippen molar-refractivity contribution in [2.24, 2.45) is 5.10 Å². The summed E-state index contributed by atoms with van der Waals surface area (Å²) in [5.74, 6) is -0.191. The predicted octanol–water partition coefficient (Wildman–Crippen LogP) is -0.0271. The minimum absolute atomic E-state index is 0.0967. The van der Waals surface area contributed by atoms with E-state index in [1.165, 1.54) is 17.8 Å². The van der Waals surface area contributed by atoms with Gasteiger partial charge in [0.2, 0.25) is 5.95 Å². The summed E-state index contributed by atoms with van der Waals surface area (Å²) < 4.78 is 12.3. The Morgan fingerprint density at radius 1 is 1.42 bits per heavy atom. The van der Waals surface area contributed by atoms with E-state index in [0.29, 0.717) is 0 Å². The monoisotopic (exact) mass is 432 g/mol. The number of nitrogens with two attached hydrogens (primary N) is 1. The van der Waals surface area contributed by atoms with Gasteiger partial charge in [-0.2, -0.15) is 15.1 Å². The molecule has 13 heteroatoms. The van der Waals surface area contributed by atoms with Crippen LogP contribution in [-0.4, -0.2) is 72.9 Å². The van der Waals surface area contributed by atoms with Crippen LogP contribution in [0.2, 0.25) is 0 Å². The number of carbonyl (C=O) groups excluding carboxylic acids is 1. The molecule has 2 aromatic heterocycles. The standard InChI is InChI=1S/C17H21N7O5.CH3N/c1-8(25)13-11(26)12(27)16(29-13)24-7-19-10-14(18)21-17(22-15(10)24)23-20-6-9-4-2-3-5-28-9;1-2/h3,5-7,9,11-13,16,26-27H,2,4H2,1H3,(H3,18,21,22,23);2H,1H2/b20-6+;/t9-,11-,12+,13+,16+;/m0./s1. The number of carbonyl (C=O) groups is 1. The zero-order valence-electron chi connectivity index (χ0n) is 16.8. The molecule has 6 N–H and O–H groups in total. The third-order valence-electron chi connectivity index (χ3n) is 4.73. The van der Waals surface area contributed by atoms with Gasteiger partial charge < -0.3 is 30.8 Å². The molecular weight excluding hydrogens is 408 g/mol. The van der Waals surface area contributed by atoms with Gasteiger partial charge in [0.1, 0.15) is 29.9 Å². The molecule has 0 spiro atoms. The van der Waals surface area contributed by atoms with E-state index in [-0.39, 0.29) is 29.0 Å². The third kappa shape index (κ3) is 4.52. The number of hydrogen-bond acceptors (Lipinski definition) is 12. The number of ketones is 1. The number of aliphatic hydroxyl groups is 2. The number of rotatable bonds is 5. The van der Waals surface area contributed by atoms with Crippen molar-refractivity contribution < 1.29 is 24.5 Å². The van der Waals surface area contributed by atoms with Crippen LogP contribution in [0.25, 0.3) is 11.2 Å². The predicted molar refractivity (Wildman–Crippen MR) is 112 cm³/mol. The van der Waals surface area contributed by atoms with E-state index in [9.17, 15) is 15.0 Å². The number of nitrogens with one attached hydrogen (secondary N) is 2. The van der Waals surface area contributed by atoms with Gasteiger partial charge in [-0.25, -0.2) is 10.4 Å². The number of anilines is 2. The highest BCUT2D eigenvalue weighted by Crippen LogP contribution is 2.32. The Balaban J connectivity index is 0.00000132. The molecule has 4 rings (SSSR count). The fourth-order valence-electron chi connectivity index (χ4n) is 3.24. The zero-order valence-corrected chi connectivity index (χ0v) is 16.8. The maximum Gasteiger partial charge on any atom is 0.247 e. The summed E-state index contributed by atoms with van der Waals surface area (Å²) in [6.45, 7) is 3.78. The van der Waals surface area contributed by atoms with E-state index < -0.39 is 30.3 Å². The van der Waals surface area contributed by atoms with Crippen LogP contribution < -0.4 is 11.2 Å². The second kappa shape index (κ2) is 9.59. The van der Waals surface area contributed by atoms with Crippen LogP contribution in [0, 0.1) is 5.41 Å². The van der Waals surface area contributed by atoms with E-state index in [2.05, 4.69) is 32.2 Å². The number of nitrogens with zero attached hydrogens (tertiary/aromatic N) is 5. The molecule has 0 radical (unpaired) electrons. The van der Waals surface area contributed by atoms with Gasteiger partial charge in [0.05, 0.1) is 18.8 Å². The van der Waals surface area contributed by atoms with Gasteiger partial charge in [-0.3, -0.25) is 9.36 Å². The molecule has 2 aromatic rings. The molecule has 0 unspecified atom stereocenters. The van der Waals surface area contributed by atoms with Crippen LogP contribution in [0.15, 0.2) is 23.8 Å². The molecule has 1 fully saturated rings. The zero-order chi connectivity index (χ0) is 22.5. The number of allylic oxidation sites excluding steroid dienone is 1. The van der Waals surface area contributed by atoms with Gasteiger partial charge in [-0.15, -0.1) is 0 Å². The van der Waals surface area contributed by atoms with Crippen LogP contribution in [0.5, 0.6) is 0 Å². The molecule has 0 bridgehead atoms. The van der Waals surface area contributed by atoms with E-state index >= 15 is 0 Å². The number of fused-ring (bicyclic) bond motifs is 1. The molecule has 31 heavy (non-hydrogen) atoms. The fraction of sp³-hybridized carbons (Fsp3) is 0.444. The third-order valence-corrected chi connectivity index (χ3v) is 4.73. The van der Waals surface area contributed by atoms with Crippen LogP contribution in [-0.2, 0) is 14.3 Å². The molecule has 0 saturated carbocycles. The summed E-state index contributed by atoms with van der Waals surface area (Å²) in [7, 11) is 0. The minimum atomic E-state index is -1.36. The van der Waals surface area contributed by atoms with Crippen molar-refractivity contribution >= 4 is 41.6 Å². The van der Waals surface area contributed by atoms with E-state index in [1.807, 2.05) is 6.08 Å². The molecule has 4 heterocycles.